The molecule has 0 aromatic rings. The van der Waals surface area contributed by atoms with Gasteiger partial charge in [-0.3, -0.25) is 4.79 Å². The molecule has 1 saturated carbocycles. The van der Waals surface area contributed by atoms with E-state index in [4.69, 9.17) is 0 Å². The first kappa shape index (κ1) is 15.8. The number of rotatable bonds is 6. The molecule has 1 heterocycles. The fourth-order valence-electron chi connectivity index (χ4n) is 3.89. The first-order chi connectivity index (χ1) is 9.58. The molecule has 0 aromatic heterocycles. The van der Waals surface area contributed by atoms with Crippen LogP contribution in [0.3, 0.4) is 0 Å². The van der Waals surface area contributed by atoms with Crippen LogP contribution < -0.4 is 0 Å². The zero-order valence-electron chi connectivity index (χ0n) is 13.2. The molecule has 1 saturated heterocycles. The van der Waals surface area contributed by atoms with Crippen LogP contribution in [0.15, 0.2) is 0 Å². The van der Waals surface area contributed by atoms with E-state index in [1.807, 2.05) is 4.90 Å². The Hall–Kier alpha value is -0.570. The second kappa shape index (κ2) is 6.93. The van der Waals surface area contributed by atoms with E-state index in [-0.39, 0.29) is 5.92 Å². The van der Waals surface area contributed by atoms with Crippen molar-refractivity contribution in [2.75, 3.05) is 13.1 Å². The molecule has 0 aromatic carbocycles. The molecule has 2 rings (SSSR count). The molecule has 116 valence electrons. The Morgan fingerprint density at radius 3 is 2.35 bits per heavy atom. The number of β-amino-alcohol motifs (C(OH)–C–C–N with tert-alkyl or cyclic N) is 1. The number of nitrogens with zero attached hydrogens (tertiary/aromatic N) is 1. The van der Waals surface area contributed by atoms with Gasteiger partial charge in [-0.1, -0.05) is 39.5 Å². The second-order valence-corrected chi connectivity index (χ2v) is 7.03. The first-order valence-electron chi connectivity index (χ1n) is 8.59. The lowest BCUT2D eigenvalue weighted by molar-refractivity contribution is -0.162. The van der Waals surface area contributed by atoms with Gasteiger partial charge in [-0.15, -0.1) is 0 Å². The third-order valence-electron chi connectivity index (χ3n) is 5.16. The van der Waals surface area contributed by atoms with Crippen LogP contribution in [-0.4, -0.2) is 34.6 Å². The predicted molar refractivity (Wildman–Crippen MR) is 81.4 cm³/mol. The minimum atomic E-state index is -0.581. The molecule has 1 amide bonds. The van der Waals surface area contributed by atoms with Crippen LogP contribution in [-0.2, 0) is 4.79 Å². The molecule has 0 unspecified atom stereocenters. The Balaban J connectivity index is 1.71. The molecule has 0 bridgehead atoms. The molecule has 2 aliphatic rings. The lowest BCUT2D eigenvalue weighted by atomic mass is 9.78. The summed E-state index contributed by atoms with van der Waals surface area (Å²) in [6.07, 6.45) is 10.3. The number of amides is 1. The standard InChI is InChI=1S/C17H31NO2/c1-3-5-6-14-7-9-15(10-8-14)16(19)18-12-17(20,13-18)11-4-2/h14-15,20H,3-13H2,1-2H3. The highest BCUT2D eigenvalue weighted by molar-refractivity contribution is 5.80. The molecule has 2 fully saturated rings. The summed E-state index contributed by atoms with van der Waals surface area (Å²) in [5.41, 5.74) is -0.581. The molecule has 3 heteroatoms. The Labute approximate surface area is 123 Å². The van der Waals surface area contributed by atoms with E-state index < -0.39 is 5.60 Å². The van der Waals surface area contributed by atoms with Crippen LogP contribution in [0.25, 0.3) is 0 Å². The highest BCUT2D eigenvalue weighted by Gasteiger charge is 2.44. The summed E-state index contributed by atoms with van der Waals surface area (Å²) in [7, 11) is 0. The minimum absolute atomic E-state index is 0.235. The van der Waals surface area contributed by atoms with Crippen LogP contribution in [0.4, 0.5) is 0 Å². The summed E-state index contributed by atoms with van der Waals surface area (Å²) in [4.78, 5) is 14.3. The number of unbranched alkanes of at least 4 members (excludes halogenated alkanes) is 1. The van der Waals surface area contributed by atoms with Gasteiger partial charge in [-0.05, 0) is 38.0 Å². The van der Waals surface area contributed by atoms with Crippen LogP contribution in [0, 0.1) is 11.8 Å². The molecule has 1 aliphatic heterocycles. The smallest absolute Gasteiger partial charge is 0.225 e. The number of aliphatic hydroxyl groups is 1. The summed E-state index contributed by atoms with van der Waals surface area (Å²) < 4.78 is 0. The maximum absolute atomic E-state index is 12.4. The molecule has 3 nitrogen and oxygen atoms in total. The molecule has 20 heavy (non-hydrogen) atoms. The fraction of sp³-hybridized carbons (Fsp3) is 0.941. The summed E-state index contributed by atoms with van der Waals surface area (Å²) in [5, 5.41) is 10.2. The maximum atomic E-state index is 12.4. The highest BCUT2D eigenvalue weighted by Crippen LogP contribution is 2.35. The molecule has 0 radical (unpaired) electrons. The molecule has 1 N–H and O–H groups in total. The molecule has 1 aliphatic carbocycles. The van der Waals surface area contributed by atoms with Gasteiger partial charge in [-0.25, -0.2) is 0 Å². The van der Waals surface area contributed by atoms with E-state index in [0.29, 0.717) is 19.0 Å². The summed E-state index contributed by atoms with van der Waals surface area (Å²) in [5.74, 6) is 1.39. The van der Waals surface area contributed by atoms with Crippen LogP contribution in [0.5, 0.6) is 0 Å². The van der Waals surface area contributed by atoms with Crippen molar-refractivity contribution in [3.63, 3.8) is 0 Å². The van der Waals surface area contributed by atoms with Crippen molar-refractivity contribution in [3.8, 4) is 0 Å². The summed E-state index contributed by atoms with van der Waals surface area (Å²) in [6.45, 7) is 5.46. The fourth-order valence-corrected chi connectivity index (χ4v) is 3.89. The molecular weight excluding hydrogens is 250 g/mol. The molecule has 0 atom stereocenters. The van der Waals surface area contributed by atoms with E-state index >= 15 is 0 Å². The monoisotopic (exact) mass is 281 g/mol. The normalized spacial score (nSPS) is 29.1. The first-order valence-corrected chi connectivity index (χ1v) is 8.59. The average Bonchev–Trinajstić information content (AvgIpc) is 2.42. The number of hydrogen-bond acceptors (Lipinski definition) is 2. The Morgan fingerprint density at radius 2 is 1.80 bits per heavy atom. The van der Waals surface area contributed by atoms with Gasteiger partial charge in [0.25, 0.3) is 0 Å². The number of hydrogen-bond donors (Lipinski definition) is 1. The van der Waals surface area contributed by atoms with Crippen LogP contribution in [0.2, 0.25) is 0 Å². The number of carbonyl (C=O) groups excluding carboxylic acids is 1. The van der Waals surface area contributed by atoms with Crippen molar-refractivity contribution in [1.29, 1.82) is 0 Å². The Kier molecular flexibility index (Phi) is 5.48. The van der Waals surface area contributed by atoms with Gasteiger partial charge in [0.15, 0.2) is 0 Å². The highest BCUT2D eigenvalue weighted by atomic mass is 16.3. The van der Waals surface area contributed by atoms with Crippen molar-refractivity contribution in [3.05, 3.63) is 0 Å². The molecular formula is C17H31NO2. The van der Waals surface area contributed by atoms with Gasteiger partial charge in [-0.2, -0.15) is 0 Å². The maximum Gasteiger partial charge on any atom is 0.225 e. The largest absolute Gasteiger partial charge is 0.386 e. The van der Waals surface area contributed by atoms with Gasteiger partial charge in [0.05, 0.1) is 18.7 Å². The lowest BCUT2D eigenvalue weighted by Gasteiger charge is -2.48. The SMILES string of the molecule is CCCCC1CCC(C(=O)N2CC(O)(CCC)C2)CC1. The Bertz CT molecular complexity index is 315. The zero-order valence-corrected chi connectivity index (χ0v) is 13.2. The van der Waals surface area contributed by atoms with Crippen molar-refractivity contribution < 1.29 is 9.90 Å². The summed E-state index contributed by atoms with van der Waals surface area (Å²) in [6, 6.07) is 0. The molecule has 0 spiro atoms. The van der Waals surface area contributed by atoms with E-state index in [2.05, 4.69) is 13.8 Å². The lowest BCUT2D eigenvalue weighted by Crippen LogP contribution is -2.64. The van der Waals surface area contributed by atoms with E-state index in [9.17, 15) is 9.90 Å². The van der Waals surface area contributed by atoms with E-state index in [1.54, 1.807) is 0 Å². The van der Waals surface area contributed by atoms with Crippen molar-refractivity contribution >= 4 is 5.91 Å². The second-order valence-electron chi connectivity index (χ2n) is 7.03. The van der Waals surface area contributed by atoms with Gasteiger partial charge < -0.3 is 10.0 Å². The predicted octanol–water partition coefficient (Wildman–Crippen LogP) is 3.36. The van der Waals surface area contributed by atoms with Crippen molar-refractivity contribution in [1.82, 2.24) is 4.90 Å². The van der Waals surface area contributed by atoms with Crippen LogP contribution >= 0.6 is 0 Å². The minimum Gasteiger partial charge on any atom is -0.386 e. The average molecular weight is 281 g/mol. The van der Waals surface area contributed by atoms with E-state index in [1.165, 1.54) is 32.1 Å². The quantitative estimate of drug-likeness (QED) is 0.811. The van der Waals surface area contributed by atoms with E-state index in [0.717, 1.165) is 31.6 Å². The third kappa shape index (κ3) is 3.75. The Morgan fingerprint density at radius 1 is 1.15 bits per heavy atom. The van der Waals surface area contributed by atoms with Gasteiger partial charge in [0.1, 0.15) is 0 Å². The zero-order chi connectivity index (χ0) is 14.6. The van der Waals surface area contributed by atoms with Crippen molar-refractivity contribution in [2.45, 2.75) is 77.2 Å². The van der Waals surface area contributed by atoms with Crippen LogP contribution in [0.1, 0.15) is 71.6 Å². The van der Waals surface area contributed by atoms with Gasteiger partial charge in [0, 0.05) is 5.92 Å². The summed E-state index contributed by atoms with van der Waals surface area (Å²) >= 11 is 0. The number of likely N-dealkylation sites (tertiary alicyclic amines) is 1. The van der Waals surface area contributed by atoms with Gasteiger partial charge in [0.2, 0.25) is 5.91 Å². The third-order valence-corrected chi connectivity index (χ3v) is 5.16. The van der Waals surface area contributed by atoms with Crippen molar-refractivity contribution in [2.24, 2.45) is 11.8 Å². The van der Waals surface area contributed by atoms with Gasteiger partial charge >= 0.3 is 0 Å². The number of carbonyl (C=O) groups is 1. The topological polar surface area (TPSA) is 40.5 Å².